The van der Waals surface area contributed by atoms with Gasteiger partial charge in [-0.1, -0.05) is 11.6 Å². The van der Waals surface area contributed by atoms with E-state index >= 15 is 0 Å². The number of ether oxygens (including phenoxy) is 1. The molecule has 9 heteroatoms. The van der Waals surface area contributed by atoms with Gasteiger partial charge in [-0.2, -0.15) is 0 Å². The van der Waals surface area contributed by atoms with Crippen molar-refractivity contribution in [2.75, 3.05) is 30.3 Å². The van der Waals surface area contributed by atoms with E-state index < -0.39 is 0 Å². The van der Waals surface area contributed by atoms with Crippen molar-refractivity contribution >= 4 is 40.8 Å². The normalized spacial score (nSPS) is 16.4. The maximum absolute atomic E-state index is 12.8. The SMILES string of the molecule is O=C1COc2cc(C(=O)N3CCC(C(=O)Nc4ccc(Cl)cn4)CC3)ccc2N1. The second-order valence-corrected chi connectivity index (χ2v) is 7.40. The van der Waals surface area contributed by atoms with Gasteiger partial charge in [0, 0.05) is 30.8 Å². The fourth-order valence-electron chi connectivity index (χ4n) is 3.41. The third-order valence-electron chi connectivity index (χ3n) is 4.99. The summed E-state index contributed by atoms with van der Waals surface area (Å²) in [5.74, 6) is 0.319. The first kappa shape index (κ1) is 19.2. The first-order chi connectivity index (χ1) is 14.0. The van der Waals surface area contributed by atoms with Crippen molar-refractivity contribution < 1.29 is 19.1 Å². The number of hydrogen-bond donors (Lipinski definition) is 2. The Kier molecular flexibility index (Phi) is 5.35. The molecule has 0 saturated carbocycles. The first-order valence-corrected chi connectivity index (χ1v) is 9.66. The standard InChI is InChI=1S/C20H19ClN4O4/c21-14-2-4-17(22-10-14)24-19(27)12-5-7-25(8-6-12)20(28)13-1-3-15-16(9-13)29-11-18(26)23-15/h1-4,9-10,12H,5-8,11H2,(H,23,26)(H,22,24,27). The number of hydrogen-bond acceptors (Lipinski definition) is 5. The Hall–Kier alpha value is -3.13. The molecule has 1 fully saturated rings. The first-order valence-electron chi connectivity index (χ1n) is 9.28. The van der Waals surface area contributed by atoms with Crippen molar-refractivity contribution in [3.63, 3.8) is 0 Å². The molecule has 0 radical (unpaired) electrons. The molecular formula is C20H19ClN4O4. The van der Waals surface area contributed by atoms with Crippen LogP contribution in [0.2, 0.25) is 5.02 Å². The molecule has 1 aromatic carbocycles. The molecule has 150 valence electrons. The van der Waals surface area contributed by atoms with Gasteiger partial charge in [-0.15, -0.1) is 0 Å². The summed E-state index contributed by atoms with van der Waals surface area (Å²) in [5.41, 5.74) is 1.05. The number of nitrogens with zero attached hydrogens (tertiary/aromatic N) is 2. The molecule has 2 aromatic rings. The molecule has 29 heavy (non-hydrogen) atoms. The van der Waals surface area contributed by atoms with E-state index in [9.17, 15) is 14.4 Å². The lowest BCUT2D eigenvalue weighted by atomic mass is 9.95. The number of pyridine rings is 1. The maximum atomic E-state index is 12.8. The van der Waals surface area contributed by atoms with Crippen molar-refractivity contribution in [2.45, 2.75) is 12.8 Å². The zero-order valence-electron chi connectivity index (χ0n) is 15.5. The molecular weight excluding hydrogens is 396 g/mol. The number of carbonyl (C=O) groups is 3. The lowest BCUT2D eigenvalue weighted by Crippen LogP contribution is -2.41. The molecule has 0 spiro atoms. The van der Waals surface area contributed by atoms with E-state index in [-0.39, 0.29) is 30.2 Å². The molecule has 2 N–H and O–H groups in total. The summed E-state index contributed by atoms with van der Waals surface area (Å²) in [6.45, 7) is 0.910. The summed E-state index contributed by atoms with van der Waals surface area (Å²) in [5, 5.41) is 5.99. The predicted molar refractivity (Wildman–Crippen MR) is 107 cm³/mol. The number of aromatic nitrogens is 1. The topological polar surface area (TPSA) is 101 Å². The predicted octanol–water partition coefficient (Wildman–Crippen LogP) is 2.56. The number of nitrogens with one attached hydrogen (secondary N) is 2. The minimum Gasteiger partial charge on any atom is -0.482 e. The van der Waals surface area contributed by atoms with Gasteiger partial charge in [0.25, 0.3) is 11.8 Å². The lowest BCUT2D eigenvalue weighted by Gasteiger charge is -2.31. The minimum absolute atomic E-state index is 0.0619. The molecule has 0 aliphatic carbocycles. The lowest BCUT2D eigenvalue weighted by molar-refractivity contribution is -0.121. The van der Waals surface area contributed by atoms with Crippen LogP contribution in [0.25, 0.3) is 0 Å². The van der Waals surface area contributed by atoms with E-state index in [2.05, 4.69) is 15.6 Å². The van der Waals surface area contributed by atoms with Crippen LogP contribution in [0.5, 0.6) is 5.75 Å². The molecule has 3 amide bonds. The molecule has 0 bridgehead atoms. The van der Waals surface area contributed by atoms with Crippen LogP contribution in [-0.4, -0.2) is 47.3 Å². The summed E-state index contributed by atoms with van der Waals surface area (Å²) in [4.78, 5) is 42.4. The Morgan fingerprint density at radius 2 is 2.00 bits per heavy atom. The van der Waals surface area contributed by atoms with Crippen molar-refractivity contribution in [2.24, 2.45) is 5.92 Å². The second kappa shape index (κ2) is 8.08. The van der Waals surface area contributed by atoms with Gasteiger partial charge in [0.1, 0.15) is 11.6 Å². The fourth-order valence-corrected chi connectivity index (χ4v) is 3.52. The zero-order chi connectivity index (χ0) is 20.4. The molecule has 2 aliphatic heterocycles. The van der Waals surface area contributed by atoms with E-state index in [4.69, 9.17) is 16.3 Å². The number of carbonyl (C=O) groups excluding carboxylic acids is 3. The van der Waals surface area contributed by atoms with Crippen molar-refractivity contribution in [1.29, 1.82) is 0 Å². The van der Waals surface area contributed by atoms with Crippen LogP contribution >= 0.6 is 11.6 Å². The molecule has 0 unspecified atom stereocenters. The number of rotatable bonds is 3. The van der Waals surface area contributed by atoms with Gasteiger partial charge in [-0.3, -0.25) is 14.4 Å². The van der Waals surface area contributed by atoms with Crippen LogP contribution in [0.15, 0.2) is 36.5 Å². The Bertz CT molecular complexity index is 955. The van der Waals surface area contributed by atoms with Crippen LogP contribution in [0.4, 0.5) is 11.5 Å². The van der Waals surface area contributed by atoms with Crippen LogP contribution < -0.4 is 15.4 Å². The average molecular weight is 415 g/mol. The number of halogens is 1. The summed E-state index contributed by atoms with van der Waals surface area (Å²) < 4.78 is 5.38. The van der Waals surface area contributed by atoms with Crippen molar-refractivity contribution in [3.8, 4) is 5.75 Å². The molecule has 1 saturated heterocycles. The van der Waals surface area contributed by atoms with Gasteiger partial charge < -0.3 is 20.3 Å². The molecule has 8 nitrogen and oxygen atoms in total. The van der Waals surface area contributed by atoms with Crippen molar-refractivity contribution in [1.82, 2.24) is 9.88 Å². The summed E-state index contributed by atoms with van der Waals surface area (Å²) in [7, 11) is 0. The Morgan fingerprint density at radius 1 is 1.21 bits per heavy atom. The van der Waals surface area contributed by atoms with Crippen molar-refractivity contribution in [3.05, 3.63) is 47.1 Å². The molecule has 2 aliphatic rings. The number of benzene rings is 1. The summed E-state index contributed by atoms with van der Waals surface area (Å²) in [6, 6.07) is 8.29. The zero-order valence-corrected chi connectivity index (χ0v) is 16.2. The van der Waals surface area contributed by atoms with Gasteiger partial charge in [-0.25, -0.2) is 4.98 Å². The number of fused-ring (bicyclic) bond motifs is 1. The third kappa shape index (κ3) is 4.32. The largest absolute Gasteiger partial charge is 0.482 e. The van der Waals surface area contributed by atoms with E-state index in [1.54, 1.807) is 35.2 Å². The van der Waals surface area contributed by atoms with Gasteiger partial charge >= 0.3 is 0 Å². The highest BCUT2D eigenvalue weighted by molar-refractivity contribution is 6.30. The summed E-state index contributed by atoms with van der Waals surface area (Å²) >= 11 is 5.80. The minimum atomic E-state index is -0.217. The number of piperidine rings is 1. The average Bonchev–Trinajstić information content (AvgIpc) is 2.74. The number of amides is 3. The highest BCUT2D eigenvalue weighted by Gasteiger charge is 2.28. The number of anilines is 2. The van der Waals surface area contributed by atoms with Gasteiger partial charge in [0.05, 0.1) is 10.7 Å². The molecule has 4 rings (SSSR count). The number of likely N-dealkylation sites (tertiary alicyclic amines) is 1. The van der Waals surface area contributed by atoms with E-state index in [0.29, 0.717) is 53.8 Å². The van der Waals surface area contributed by atoms with Crippen LogP contribution in [0.3, 0.4) is 0 Å². The Labute approximate surface area is 172 Å². The fraction of sp³-hybridized carbons (Fsp3) is 0.300. The highest BCUT2D eigenvalue weighted by atomic mass is 35.5. The molecule has 1 aromatic heterocycles. The quantitative estimate of drug-likeness (QED) is 0.803. The van der Waals surface area contributed by atoms with E-state index in [1.165, 1.54) is 6.20 Å². The van der Waals surface area contributed by atoms with Crippen LogP contribution in [0, 0.1) is 5.92 Å². The second-order valence-electron chi connectivity index (χ2n) is 6.97. The highest BCUT2D eigenvalue weighted by Crippen LogP contribution is 2.29. The third-order valence-corrected chi connectivity index (χ3v) is 5.22. The Morgan fingerprint density at radius 3 is 2.72 bits per heavy atom. The maximum Gasteiger partial charge on any atom is 0.262 e. The smallest absolute Gasteiger partial charge is 0.262 e. The van der Waals surface area contributed by atoms with Gasteiger partial charge in [-0.05, 0) is 43.2 Å². The Balaban J connectivity index is 1.34. The monoisotopic (exact) mass is 414 g/mol. The van der Waals surface area contributed by atoms with Gasteiger partial charge in [0.2, 0.25) is 5.91 Å². The van der Waals surface area contributed by atoms with Crippen LogP contribution in [0.1, 0.15) is 23.2 Å². The van der Waals surface area contributed by atoms with Crippen LogP contribution in [-0.2, 0) is 9.59 Å². The molecule has 0 atom stereocenters. The molecule has 3 heterocycles. The summed E-state index contributed by atoms with van der Waals surface area (Å²) in [6.07, 6.45) is 2.62. The van der Waals surface area contributed by atoms with Gasteiger partial charge in [0.15, 0.2) is 6.61 Å². The van der Waals surface area contributed by atoms with E-state index in [1.807, 2.05) is 0 Å². The van der Waals surface area contributed by atoms with E-state index in [0.717, 1.165) is 0 Å².